The maximum atomic E-state index is 12.9. The number of hydrogen-bond donors (Lipinski definition) is 2. The van der Waals surface area contributed by atoms with Crippen LogP contribution in [0.4, 0.5) is 17.1 Å². The molecule has 0 aromatic heterocycles. The molecule has 0 bridgehead atoms. The molecule has 3 aromatic carbocycles. The fourth-order valence-electron chi connectivity index (χ4n) is 3.35. The van der Waals surface area contributed by atoms with Crippen LogP contribution in [0.5, 0.6) is 0 Å². The molecule has 0 radical (unpaired) electrons. The molecule has 0 aliphatic carbocycles. The fourth-order valence-corrected chi connectivity index (χ4v) is 3.85. The zero-order valence-electron chi connectivity index (χ0n) is 17.9. The summed E-state index contributed by atoms with van der Waals surface area (Å²) >= 11 is 18.1. The smallest absolute Gasteiger partial charge is 0.283 e. The number of imide groups is 1. The highest BCUT2D eigenvalue weighted by molar-refractivity contribution is 6.53. The van der Waals surface area contributed by atoms with Crippen molar-refractivity contribution in [3.63, 3.8) is 0 Å². The van der Waals surface area contributed by atoms with Gasteiger partial charge in [-0.15, -0.1) is 0 Å². The summed E-state index contributed by atoms with van der Waals surface area (Å²) in [6.45, 7) is 2.06. The van der Waals surface area contributed by atoms with Gasteiger partial charge in [0.1, 0.15) is 10.7 Å². The van der Waals surface area contributed by atoms with E-state index in [4.69, 9.17) is 34.8 Å². The van der Waals surface area contributed by atoms with Gasteiger partial charge in [0.25, 0.3) is 17.7 Å². The van der Waals surface area contributed by atoms with Crippen molar-refractivity contribution in [1.29, 1.82) is 0 Å². The van der Waals surface area contributed by atoms with Crippen molar-refractivity contribution in [3.8, 4) is 0 Å². The molecule has 0 saturated carbocycles. The van der Waals surface area contributed by atoms with Gasteiger partial charge >= 0.3 is 0 Å². The first-order valence-corrected chi connectivity index (χ1v) is 11.4. The number of aryl methyl sites for hydroxylation is 1. The molecule has 1 heterocycles. The number of carbonyl (C=O) groups excluding carboxylic acids is 3. The third-order valence-electron chi connectivity index (χ3n) is 5.23. The van der Waals surface area contributed by atoms with Gasteiger partial charge in [-0.05, 0) is 66.6 Å². The molecule has 6 nitrogen and oxygen atoms in total. The number of benzene rings is 3. The molecule has 9 heteroatoms. The largest absolute Gasteiger partial charge is 0.350 e. The summed E-state index contributed by atoms with van der Waals surface area (Å²) in [6.07, 6.45) is 0.919. The van der Waals surface area contributed by atoms with Gasteiger partial charge < -0.3 is 10.6 Å². The number of nitrogens with one attached hydrogen (secondary N) is 2. The van der Waals surface area contributed by atoms with E-state index < -0.39 is 11.8 Å². The highest BCUT2D eigenvalue weighted by atomic mass is 35.5. The van der Waals surface area contributed by atoms with E-state index in [0.717, 1.165) is 11.3 Å². The van der Waals surface area contributed by atoms with Crippen LogP contribution in [0.15, 0.2) is 77.5 Å². The van der Waals surface area contributed by atoms with E-state index in [0.29, 0.717) is 22.0 Å². The van der Waals surface area contributed by atoms with Crippen molar-refractivity contribution >= 4 is 69.6 Å². The summed E-state index contributed by atoms with van der Waals surface area (Å²) in [5, 5.41) is 5.95. The van der Waals surface area contributed by atoms with Crippen molar-refractivity contribution in [1.82, 2.24) is 0 Å². The first-order valence-electron chi connectivity index (χ1n) is 10.3. The fraction of sp³-hybridized carbons (Fsp3) is 0.0800. The van der Waals surface area contributed by atoms with E-state index in [2.05, 4.69) is 17.6 Å². The Kier molecular flexibility index (Phi) is 6.93. The predicted octanol–water partition coefficient (Wildman–Crippen LogP) is 6.24. The average molecular weight is 515 g/mol. The number of hydrogen-bond acceptors (Lipinski definition) is 4. The van der Waals surface area contributed by atoms with Crippen molar-refractivity contribution in [3.05, 3.63) is 98.6 Å². The van der Waals surface area contributed by atoms with E-state index in [1.165, 1.54) is 23.8 Å². The highest BCUT2D eigenvalue weighted by Crippen LogP contribution is 2.33. The van der Waals surface area contributed by atoms with Crippen LogP contribution in [0.2, 0.25) is 10.0 Å². The molecular formula is C25H18Cl3N3O3. The van der Waals surface area contributed by atoms with Gasteiger partial charge in [-0.25, -0.2) is 4.90 Å². The lowest BCUT2D eigenvalue weighted by Gasteiger charge is -2.15. The molecule has 1 aliphatic heterocycles. The monoisotopic (exact) mass is 513 g/mol. The molecule has 0 saturated heterocycles. The Bertz CT molecular complexity index is 1320. The Balaban J connectivity index is 1.47. The van der Waals surface area contributed by atoms with E-state index in [1.807, 2.05) is 24.3 Å². The van der Waals surface area contributed by atoms with Crippen LogP contribution in [0.25, 0.3) is 0 Å². The first kappa shape index (κ1) is 23.8. The molecular weight excluding hydrogens is 497 g/mol. The van der Waals surface area contributed by atoms with Gasteiger partial charge in [-0.2, -0.15) is 0 Å². The third kappa shape index (κ3) is 4.80. The zero-order valence-corrected chi connectivity index (χ0v) is 20.1. The topological polar surface area (TPSA) is 78.5 Å². The molecule has 4 rings (SSSR count). The number of amides is 3. The van der Waals surface area contributed by atoms with E-state index in [1.54, 1.807) is 24.3 Å². The third-order valence-corrected chi connectivity index (χ3v) is 6.31. The van der Waals surface area contributed by atoms with Crippen LogP contribution < -0.4 is 15.5 Å². The molecule has 3 aromatic rings. The second-order valence-corrected chi connectivity index (χ2v) is 8.63. The normalized spacial score (nSPS) is 13.5. The Morgan fingerprint density at radius 3 is 2.09 bits per heavy atom. The van der Waals surface area contributed by atoms with Crippen LogP contribution in [0, 0.1) is 0 Å². The van der Waals surface area contributed by atoms with Gasteiger partial charge in [0.05, 0.1) is 15.7 Å². The summed E-state index contributed by atoms with van der Waals surface area (Å²) in [4.78, 5) is 39.0. The van der Waals surface area contributed by atoms with Crippen molar-refractivity contribution in [2.45, 2.75) is 13.3 Å². The average Bonchev–Trinajstić information content (AvgIpc) is 3.05. The number of rotatable bonds is 6. The van der Waals surface area contributed by atoms with Gasteiger partial charge in [-0.3, -0.25) is 14.4 Å². The van der Waals surface area contributed by atoms with Crippen LogP contribution in [-0.2, 0) is 16.0 Å². The molecule has 1 aliphatic rings. The Hall–Kier alpha value is -3.32. The highest BCUT2D eigenvalue weighted by Gasteiger charge is 2.39. The van der Waals surface area contributed by atoms with Crippen LogP contribution in [0.3, 0.4) is 0 Å². The quantitative estimate of drug-likeness (QED) is 0.382. The molecule has 3 amide bonds. The van der Waals surface area contributed by atoms with E-state index in [9.17, 15) is 14.4 Å². The minimum atomic E-state index is -0.683. The second-order valence-electron chi connectivity index (χ2n) is 7.44. The molecule has 0 spiro atoms. The summed E-state index contributed by atoms with van der Waals surface area (Å²) in [7, 11) is 0. The Morgan fingerprint density at radius 1 is 0.824 bits per heavy atom. The molecule has 2 N–H and O–H groups in total. The minimum absolute atomic E-state index is 0.0778. The Labute approximate surface area is 211 Å². The summed E-state index contributed by atoms with van der Waals surface area (Å²) < 4.78 is 0. The SMILES string of the molecule is CCc1ccc(NC(=O)c2ccc(NC3=C(Cl)C(=O)N(c4ccc(Cl)c(Cl)c4)C3=O)cc2)cc1. The van der Waals surface area contributed by atoms with Crippen LogP contribution >= 0.6 is 34.8 Å². The van der Waals surface area contributed by atoms with Gasteiger partial charge in [-0.1, -0.05) is 53.9 Å². The first-order chi connectivity index (χ1) is 16.3. The minimum Gasteiger partial charge on any atom is -0.350 e. The second kappa shape index (κ2) is 9.89. The molecule has 34 heavy (non-hydrogen) atoms. The maximum absolute atomic E-state index is 12.9. The van der Waals surface area contributed by atoms with E-state index in [-0.39, 0.29) is 27.3 Å². The lowest BCUT2D eigenvalue weighted by Crippen LogP contribution is -2.32. The van der Waals surface area contributed by atoms with E-state index >= 15 is 0 Å². The lowest BCUT2D eigenvalue weighted by atomic mass is 10.1. The van der Waals surface area contributed by atoms with Crippen molar-refractivity contribution in [2.75, 3.05) is 15.5 Å². The number of anilines is 3. The molecule has 172 valence electrons. The van der Waals surface area contributed by atoms with Crippen molar-refractivity contribution < 1.29 is 14.4 Å². The molecule has 0 atom stereocenters. The van der Waals surface area contributed by atoms with Crippen LogP contribution in [-0.4, -0.2) is 17.7 Å². The lowest BCUT2D eigenvalue weighted by molar-refractivity contribution is -0.120. The van der Waals surface area contributed by atoms with Gasteiger partial charge in [0, 0.05) is 16.9 Å². The number of carbonyl (C=O) groups is 3. The zero-order chi connectivity index (χ0) is 24.4. The summed E-state index contributed by atoms with van der Waals surface area (Å²) in [6, 6.07) is 18.5. The number of halogens is 3. The molecule has 0 fully saturated rings. The van der Waals surface area contributed by atoms with Gasteiger partial charge in [0.15, 0.2) is 0 Å². The van der Waals surface area contributed by atoms with Gasteiger partial charge in [0.2, 0.25) is 0 Å². The number of nitrogens with zero attached hydrogens (tertiary/aromatic N) is 1. The maximum Gasteiger partial charge on any atom is 0.283 e. The predicted molar refractivity (Wildman–Crippen MR) is 136 cm³/mol. The Morgan fingerprint density at radius 2 is 1.47 bits per heavy atom. The summed E-state index contributed by atoms with van der Waals surface area (Å²) in [5.74, 6) is -1.59. The summed E-state index contributed by atoms with van der Waals surface area (Å²) in [5.41, 5.74) is 2.95. The molecule has 0 unspecified atom stereocenters. The van der Waals surface area contributed by atoms with Crippen LogP contribution in [0.1, 0.15) is 22.8 Å². The van der Waals surface area contributed by atoms with Crippen molar-refractivity contribution in [2.24, 2.45) is 0 Å². The standard InChI is InChI=1S/C25H18Cl3N3O3/c1-2-14-3-7-17(8-4-14)30-23(32)15-5-9-16(10-6-15)29-22-21(28)24(33)31(25(22)34)18-11-12-19(26)20(27)13-18/h3-13,29H,2H2,1H3,(H,30,32).